The number of hydrogen-bond acceptors (Lipinski definition) is 4. The van der Waals surface area contributed by atoms with Crippen LogP contribution in [0.25, 0.3) is 0 Å². The van der Waals surface area contributed by atoms with Gasteiger partial charge >= 0.3 is 0 Å². The number of alkyl halides is 1. The zero-order chi connectivity index (χ0) is 8.59. The van der Waals surface area contributed by atoms with Gasteiger partial charge in [-0.1, -0.05) is 22.6 Å². The van der Waals surface area contributed by atoms with Crippen LogP contribution in [-0.4, -0.2) is 43.8 Å². The Labute approximate surface area is 78.3 Å². The minimum Gasteiger partial charge on any atom is -0.389 e. The summed E-state index contributed by atoms with van der Waals surface area (Å²) in [5, 5.41) is 27.7. The molecule has 0 aromatic rings. The maximum atomic E-state index is 9.29. The number of aliphatic hydroxyl groups is 3. The van der Waals surface area contributed by atoms with Crippen molar-refractivity contribution in [1.29, 1.82) is 0 Å². The normalized spacial score (nSPS) is 52.6. The van der Waals surface area contributed by atoms with Crippen LogP contribution in [-0.2, 0) is 4.74 Å². The molecule has 1 saturated heterocycles. The monoisotopic (exact) mass is 274 g/mol. The summed E-state index contributed by atoms with van der Waals surface area (Å²) in [6, 6.07) is 0. The molecule has 11 heavy (non-hydrogen) atoms. The van der Waals surface area contributed by atoms with Gasteiger partial charge in [0.05, 0.1) is 16.1 Å². The van der Waals surface area contributed by atoms with E-state index < -0.39 is 28.5 Å². The van der Waals surface area contributed by atoms with Crippen molar-refractivity contribution >= 4 is 22.6 Å². The van der Waals surface area contributed by atoms with E-state index in [9.17, 15) is 10.2 Å². The molecule has 1 fully saturated rings. The number of ether oxygens (including phenoxy) is 1. The van der Waals surface area contributed by atoms with Crippen molar-refractivity contribution in [2.75, 3.05) is 0 Å². The SMILES string of the molecule is C[C@@H]1O[C@H](O)[C@@H](I)[C@H](O)[C@@H]1O. The molecular weight excluding hydrogens is 263 g/mol. The van der Waals surface area contributed by atoms with E-state index in [1.807, 2.05) is 22.6 Å². The van der Waals surface area contributed by atoms with Gasteiger partial charge in [-0.15, -0.1) is 0 Å². The van der Waals surface area contributed by atoms with Crippen molar-refractivity contribution in [3.8, 4) is 0 Å². The Bertz CT molecular complexity index is 129. The molecule has 4 nitrogen and oxygen atoms in total. The van der Waals surface area contributed by atoms with Gasteiger partial charge < -0.3 is 20.1 Å². The van der Waals surface area contributed by atoms with Crippen LogP contribution in [0.5, 0.6) is 0 Å². The summed E-state index contributed by atoms with van der Waals surface area (Å²) >= 11 is 1.85. The van der Waals surface area contributed by atoms with Crippen molar-refractivity contribution < 1.29 is 20.1 Å². The van der Waals surface area contributed by atoms with Crippen molar-refractivity contribution in [2.45, 2.75) is 35.5 Å². The molecule has 1 heterocycles. The highest BCUT2D eigenvalue weighted by Crippen LogP contribution is 2.24. The van der Waals surface area contributed by atoms with Gasteiger partial charge in [0.15, 0.2) is 6.29 Å². The molecule has 5 atom stereocenters. The standard InChI is InChI=1S/C6H11IO4/c1-2-4(8)5(9)3(7)6(10)11-2/h2-6,8-10H,1H3/t2-,3-,4+,5-,6-/m0/s1. The van der Waals surface area contributed by atoms with Gasteiger partial charge in [0, 0.05) is 0 Å². The van der Waals surface area contributed by atoms with E-state index in [1.54, 1.807) is 6.92 Å². The van der Waals surface area contributed by atoms with E-state index in [2.05, 4.69) is 0 Å². The number of rotatable bonds is 0. The fourth-order valence-corrected chi connectivity index (χ4v) is 1.61. The molecule has 1 rings (SSSR count). The second-order valence-corrected chi connectivity index (χ2v) is 4.10. The molecule has 0 amide bonds. The molecule has 1 aliphatic heterocycles. The third-order valence-corrected chi connectivity index (χ3v) is 3.14. The van der Waals surface area contributed by atoms with E-state index in [0.29, 0.717) is 0 Å². The second kappa shape index (κ2) is 3.53. The molecular formula is C6H11IO4. The third kappa shape index (κ3) is 1.83. The summed E-state index contributed by atoms with van der Waals surface area (Å²) in [7, 11) is 0. The second-order valence-electron chi connectivity index (χ2n) is 2.66. The summed E-state index contributed by atoms with van der Waals surface area (Å²) in [6.45, 7) is 1.61. The van der Waals surface area contributed by atoms with Crippen LogP contribution in [0.3, 0.4) is 0 Å². The van der Waals surface area contributed by atoms with Gasteiger partial charge in [-0.05, 0) is 6.92 Å². The predicted molar refractivity (Wildman–Crippen MR) is 46.4 cm³/mol. The zero-order valence-corrected chi connectivity index (χ0v) is 8.17. The van der Waals surface area contributed by atoms with Crippen LogP contribution in [0.2, 0.25) is 0 Å². The Morgan fingerprint density at radius 3 is 2.27 bits per heavy atom. The van der Waals surface area contributed by atoms with E-state index in [-0.39, 0.29) is 0 Å². The Morgan fingerprint density at radius 1 is 1.18 bits per heavy atom. The molecule has 66 valence electrons. The molecule has 0 spiro atoms. The van der Waals surface area contributed by atoms with Crippen LogP contribution in [0.1, 0.15) is 6.92 Å². The first kappa shape index (κ1) is 9.66. The lowest BCUT2D eigenvalue weighted by molar-refractivity contribution is -0.218. The summed E-state index contributed by atoms with van der Waals surface area (Å²) in [5.41, 5.74) is 0. The maximum absolute atomic E-state index is 9.29. The summed E-state index contributed by atoms with van der Waals surface area (Å²) < 4.78 is 4.46. The van der Waals surface area contributed by atoms with Crippen LogP contribution < -0.4 is 0 Å². The topological polar surface area (TPSA) is 69.9 Å². The Balaban J connectivity index is 2.63. The number of hydrogen-bond donors (Lipinski definition) is 3. The first-order valence-corrected chi connectivity index (χ1v) is 4.62. The Hall–Kier alpha value is 0.570. The number of aliphatic hydroxyl groups excluding tert-OH is 3. The average Bonchev–Trinajstić information content (AvgIpc) is 1.97. The highest BCUT2D eigenvalue weighted by atomic mass is 127. The lowest BCUT2D eigenvalue weighted by Crippen LogP contribution is -2.54. The molecule has 0 aromatic heterocycles. The van der Waals surface area contributed by atoms with E-state index >= 15 is 0 Å². The minimum absolute atomic E-state index is 0.459. The highest BCUT2D eigenvalue weighted by Gasteiger charge is 2.40. The smallest absolute Gasteiger partial charge is 0.169 e. The molecule has 0 unspecified atom stereocenters. The van der Waals surface area contributed by atoms with Gasteiger partial charge in [-0.3, -0.25) is 0 Å². The van der Waals surface area contributed by atoms with Crippen molar-refractivity contribution in [3.63, 3.8) is 0 Å². The average molecular weight is 274 g/mol. The van der Waals surface area contributed by atoms with Crippen molar-refractivity contribution in [2.24, 2.45) is 0 Å². The molecule has 3 N–H and O–H groups in total. The van der Waals surface area contributed by atoms with Gasteiger partial charge in [0.1, 0.15) is 6.10 Å². The van der Waals surface area contributed by atoms with Gasteiger partial charge in [-0.25, -0.2) is 0 Å². The predicted octanol–water partition coefficient (Wildman–Crippen LogP) is -0.751. The molecule has 5 heteroatoms. The molecule has 0 saturated carbocycles. The minimum atomic E-state index is -0.982. The summed E-state index contributed by atoms with van der Waals surface area (Å²) in [4.78, 5) is 0. The molecule has 0 aromatic carbocycles. The summed E-state index contributed by atoms with van der Waals surface area (Å²) in [6.07, 6.45) is -3.30. The Morgan fingerprint density at radius 2 is 1.73 bits per heavy atom. The fourth-order valence-electron chi connectivity index (χ4n) is 1.01. The lowest BCUT2D eigenvalue weighted by Gasteiger charge is -2.36. The summed E-state index contributed by atoms with van der Waals surface area (Å²) in [5.74, 6) is 0. The first-order valence-electron chi connectivity index (χ1n) is 3.37. The maximum Gasteiger partial charge on any atom is 0.169 e. The van der Waals surface area contributed by atoms with Crippen molar-refractivity contribution in [3.05, 3.63) is 0 Å². The van der Waals surface area contributed by atoms with Crippen LogP contribution in [0, 0.1) is 0 Å². The molecule has 0 bridgehead atoms. The lowest BCUT2D eigenvalue weighted by atomic mass is 10.0. The van der Waals surface area contributed by atoms with Crippen LogP contribution in [0.15, 0.2) is 0 Å². The van der Waals surface area contributed by atoms with Gasteiger partial charge in [0.2, 0.25) is 0 Å². The van der Waals surface area contributed by atoms with E-state index in [0.717, 1.165) is 0 Å². The largest absolute Gasteiger partial charge is 0.389 e. The molecule has 1 aliphatic rings. The van der Waals surface area contributed by atoms with E-state index in [1.165, 1.54) is 0 Å². The molecule has 0 aliphatic carbocycles. The van der Waals surface area contributed by atoms with Crippen LogP contribution in [0.4, 0.5) is 0 Å². The van der Waals surface area contributed by atoms with E-state index in [4.69, 9.17) is 9.84 Å². The highest BCUT2D eigenvalue weighted by molar-refractivity contribution is 14.1. The molecule has 0 radical (unpaired) electrons. The fraction of sp³-hybridized carbons (Fsp3) is 1.00. The van der Waals surface area contributed by atoms with Crippen LogP contribution >= 0.6 is 22.6 Å². The van der Waals surface area contributed by atoms with Gasteiger partial charge in [-0.2, -0.15) is 0 Å². The zero-order valence-electron chi connectivity index (χ0n) is 6.01. The number of halogens is 1. The van der Waals surface area contributed by atoms with Gasteiger partial charge in [0.25, 0.3) is 0 Å². The quantitative estimate of drug-likeness (QED) is 0.401. The third-order valence-electron chi connectivity index (χ3n) is 1.78. The van der Waals surface area contributed by atoms with Crippen molar-refractivity contribution in [1.82, 2.24) is 0 Å². The Kier molecular flexibility index (Phi) is 3.10. The first-order chi connectivity index (χ1) is 5.04.